The van der Waals surface area contributed by atoms with Crippen molar-refractivity contribution in [2.75, 3.05) is 19.6 Å². The Hall–Kier alpha value is -2.07. The van der Waals surface area contributed by atoms with E-state index in [2.05, 4.69) is 15.2 Å². The molecule has 0 aliphatic carbocycles. The molecule has 2 aliphatic heterocycles. The zero-order valence-corrected chi connectivity index (χ0v) is 12.6. The molecule has 2 fully saturated rings. The Labute approximate surface area is 130 Å². The SMILES string of the molecule is O=C(N[C@@H]1C[C@@H]2CCN(C2)C1)c1ccc(-c2ccccc2)[nH]1. The highest BCUT2D eigenvalue weighted by Crippen LogP contribution is 2.27. The Morgan fingerprint density at radius 1 is 1.14 bits per heavy atom. The molecule has 2 aromatic rings. The van der Waals surface area contributed by atoms with Crippen LogP contribution in [0.1, 0.15) is 23.3 Å². The van der Waals surface area contributed by atoms with Crippen molar-refractivity contribution in [3.8, 4) is 11.3 Å². The summed E-state index contributed by atoms with van der Waals surface area (Å²) in [4.78, 5) is 18.1. The molecule has 4 heteroatoms. The monoisotopic (exact) mass is 295 g/mol. The van der Waals surface area contributed by atoms with Gasteiger partial charge in [0, 0.05) is 24.8 Å². The maximum atomic E-state index is 12.4. The van der Waals surface area contributed by atoms with Crippen molar-refractivity contribution < 1.29 is 4.79 Å². The lowest BCUT2D eigenvalue weighted by molar-refractivity contribution is 0.0905. The van der Waals surface area contributed by atoms with Gasteiger partial charge < -0.3 is 15.2 Å². The first-order valence-corrected chi connectivity index (χ1v) is 8.05. The Morgan fingerprint density at radius 2 is 2.00 bits per heavy atom. The minimum Gasteiger partial charge on any atom is -0.351 e. The van der Waals surface area contributed by atoms with Crippen molar-refractivity contribution in [1.82, 2.24) is 15.2 Å². The van der Waals surface area contributed by atoms with Gasteiger partial charge in [0.05, 0.1) is 0 Å². The molecule has 114 valence electrons. The minimum absolute atomic E-state index is 0.00896. The molecule has 22 heavy (non-hydrogen) atoms. The summed E-state index contributed by atoms with van der Waals surface area (Å²) in [6, 6.07) is 14.2. The summed E-state index contributed by atoms with van der Waals surface area (Å²) in [6.07, 6.45) is 2.40. The van der Waals surface area contributed by atoms with Gasteiger partial charge in [0.1, 0.15) is 5.69 Å². The number of hydrogen-bond acceptors (Lipinski definition) is 2. The average molecular weight is 295 g/mol. The van der Waals surface area contributed by atoms with E-state index in [1.165, 1.54) is 19.5 Å². The number of nitrogens with zero attached hydrogens (tertiary/aromatic N) is 1. The third kappa shape index (κ3) is 2.66. The normalized spacial score (nSPS) is 26.8. The number of amides is 1. The lowest BCUT2D eigenvalue weighted by atomic mass is 9.97. The summed E-state index contributed by atoms with van der Waals surface area (Å²) in [5.74, 6) is 0.775. The number of carbonyl (C=O) groups is 1. The predicted octanol–water partition coefficient (Wildman–Crippen LogP) is 2.51. The summed E-state index contributed by atoms with van der Waals surface area (Å²) in [6.45, 7) is 3.40. The second-order valence-electron chi connectivity index (χ2n) is 6.47. The number of carbonyl (C=O) groups excluding carboxylic acids is 1. The molecule has 0 saturated carbocycles. The van der Waals surface area contributed by atoms with Gasteiger partial charge in [-0.05, 0) is 43.0 Å². The highest BCUT2D eigenvalue weighted by atomic mass is 16.1. The zero-order valence-electron chi connectivity index (χ0n) is 12.6. The number of aromatic amines is 1. The zero-order chi connectivity index (χ0) is 14.9. The number of piperidine rings is 1. The molecule has 1 unspecified atom stereocenters. The van der Waals surface area contributed by atoms with Gasteiger partial charge in [-0.25, -0.2) is 0 Å². The molecule has 2 N–H and O–H groups in total. The molecule has 4 rings (SSSR count). The van der Waals surface area contributed by atoms with Crippen LogP contribution in [0.3, 0.4) is 0 Å². The summed E-state index contributed by atoms with van der Waals surface area (Å²) in [7, 11) is 0. The van der Waals surface area contributed by atoms with Crippen LogP contribution in [0.25, 0.3) is 11.3 Å². The van der Waals surface area contributed by atoms with Crippen LogP contribution >= 0.6 is 0 Å². The molecule has 3 heterocycles. The molecule has 1 aromatic carbocycles. The molecule has 1 amide bonds. The summed E-state index contributed by atoms with van der Waals surface area (Å²) in [5, 5.41) is 3.19. The number of fused-ring (bicyclic) bond motifs is 2. The molecule has 4 nitrogen and oxygen atoms in total. The summed E-state index contributed by atoms with van der Waals surface area (Å²) in [5.41, 5.74) is 2.73. The predicted molar refractivity (Wildman–Crippen MR) is 86.6 cm³/mol. The number of aromatic nitrogens is 1. The van der Waals surface area contributed by atoms with Crippen molar-refractivity contribution in [2.24, 2.45) is 5.92 Å². The van der Waals surface area contributed by atoms with Gasteiger partial charge in [0.2, 0.25) is 0 Å². The first-order valence-electron chi connectivity index (χ1n) is 8.05. The molecular formula is C18H21N3O. The number of benzene rings is 1. The highest BCUT2D eigenvalue weighted by molar-refractivity contribution is 5.93. The fraction of sp³-hybridized carbons (Fsp3) is 0.389. The molecule has 0 radical (unpaired) electrons. The summed E-state index contributed by atoms with van der Waals surface area (Å²) < 4.78 is 0. The number of hydrogen-bond donors (Lipinski definition) is 2. The molecule has 3 atom stereocenters. The Bertz CT molecular complexity index is 652. The van der Waals surface area contributed by atoms with E-state index in [4.69, 9.17) is 0 Å². The van der Waals surface area contributed by atoms with Gasteiger partial charge in [0.15, 0.2) is 0 Å². The van der Waals surface area contributed by atoms with E-state index in [-0.39, 0.29) is 11.9 Å². The van der Waals surface area contributed by atoms with Crippen LogP contribution in [0.4, 0.5) is 0 Å². The lowest BCUT2D eigenvalue weighted by Crippen LogP contribution is -2.47. The maximum absolute atomic E-state index is 12.4. The van der Waals surface area contributed by atoms with E-state index in [1.54, 1.807) is 0 Å². The van der Waals surface area contributed by atoms with Crippen LogP contribution in [0.15, 0.2) is 42.5 Å². The van der Waals surface area contributed by atoms with Crippen molar-refractivity contribution in [3.63, 3.8) is 0 Å². The fourth-order valence-corrected chi connectivity index (χ4v) is 3.74. The number of nitrogens with one attached hydrogen (secondary N) is 2. The van der Waals surface area contributed by atoms with E-state index < -0.39 is 0 Å². The Balaban J connectivity index is 1.44. The van der Waals surface area contributed by atoms with Gasteiger partial charge in [-0.15, -0.1) is 0 Å². The summed E-state index contributed by atoms with van der Waals surface area (Å²) >= 11 is 0. The van der Waals surface area contributed by atoms with Crippen molar-refractivity contribution in [2.45, 2.75) is 18.9 Å². The van der Waals surface area contributed by atoms with Gasteiger partial charge in [0.25, 0.3) is 5.91 Å². The van der Waals surface area contributed by atoms with E-state index in [0.717, 1.165) is 30.1 Å². The average Bonchev–Trinajstić information content (AvgIpc) is 3.15. The standard InChI is InChI=1S/C18H21N3O/c22-18(19-15-10-13-8-9-21(11-13)12-15)17-7-6-16(20-17)14-4-2-1-3-5-14/h1-7,13,15,20H,8-12H2,(H,19,22)/t13-,15+/m0/s1. The van der Waals surface area contributed by atoms with E-state index >= 15 is 0 Å². The van der Waals surface area contributed by atoms with Crippen LogP contribution < -0.4 is 5.32 Å². The van der Waals surface area contributed by atoms with Crippen molar-refractivity contribution in [3.05, 3.63) is 48.2 Å². The van der Waals surface area contributed by atoms with E-state index in [0.29, 0.717) is 5.69 Å². The second-order valence-corrected chi connectivity index (χ2v) is 6.47. The lowest BCUT2D eigenvalue weighted by Gasteiger charge is -2.30. The van der Waals surface area contributed by atoms with Crippen LogP contribution in [0.5, 0.6) is 0 Å². The second kappa shape index (κ2) is 5.61. The minimum atomic E-state index is 0.00896. The number of H-pyrrole nitrogens is 1. The molecule has 2 saturated heterocycles. The first-order chi connectivity index (χ1) is 10.8. The molecule has 2 bridgehead atoms. The largest absolute Gasteiger partial charge is 0.351 e. The van der Waals surface area contributed by atoms with Gasteiger partial charge in [-0.3, -0.25) is 4.79 Å². The smallest absolute Gasteiger partial charge is 0.267 e. The maximum Gasteiger partial charge on any atom is 0.267 e. The topological polar surface area (TPSA) is 48.1 Å². The quantitative estimate of drug-likeness (QED) is 0.914. The van der Waals surface area contributed by atoms with E-state index in [1.807, 2.05) is 42.5 Å². The van der Waals surface area contributed by atoms with Crippen LogP contribution in [-0.4, -0.2) is 41.5 Å². The van der Waals surface area contributed by atoms with Crippen molar-refractivity contribution in [1.29, 1.82) is 0 Å². The molecule has 0 spiro atoms. The highest BCUT2D eigenvalue weighted by Gasteiger charge is 2.33. The van der Waals surface area contributed by atoms with Crippen LogP contribution in [-0.2, 0) is 0 Å². The fourth-order valence-electron chi connectivity index (χ4n) is 3.74. The molecular weight excluding hydrogens is 274 g/mol. The molecule has 2 aliphatic rings. The van der Waals surface area contributed by atoms with Gasteiger partial charge in [-0.2, -0.15) is 0 Å². The van der Waals surface area contributed by atoms with Crippen LogP contribution in [0, 0.1) is 5.92 Å². The third-order valence-electron chi connectivity index (χ3n) is 4.82. The van der Waals surface area contributed by atoms with Crippen LogP contribution in [0.2, 0.25) is 0 Å². The van der Waals surface area contributed by atoms with Gasteiger partial charge >= 0.3 is 0 Å². The Kier molecular flexibility index (Phi) is 3.47. The Morgan fingerprint density at radius 3 is 2.82 bits per heavy atom. The first kappa shape index (κ1) is 13.6. The van der Waals surface area contributed by atoms with Crippen molar-refractivity contribution >= 4 is 5.91 Å². The third-order valence-corrected chi connectivity index (χ3v) is 4.82. The van der Waals surface area contributed by atoms with E-state index in [9.17, 15) is 4.79 Å². The molecule has 1 aromatic heterocycles. The van der Waals surface area contributed by atoms with Gasteiger partial charge in [-0.1, -0.05) is 30.3 Å². The number of rotatable bonds is 3.